The van der Waals surface area contributed by atoms with Crippen LogP contribution in [0.2, 0.25) is 5.02 Å². The van der Waals surface area contributed by atoms with Gasteiger partial charge in [0.25, 0.3) is 0 Å². The summed E-state index contributed by atoms with van der Waals surface area (Å²) in [7, 11) is 0. The second-order valence-corrected chi connectivity index (χ2v) is 5.69. The van der Waals surface area contributed by atoms with E-state index in [-0.39, 0.29) is 11.9 Å². The lowest BCUT2D eigenvalue weighted by Gasteiger charge is -2.21. The lowest BCUT2D eigenvalue weighted by molar-refractivity contribution is -0.117. The Bertz CT molecular complexity index is 739. The first-order chi connectivity index (χ1) is 11.0. The molecule has 0 bridgehead atoms. The fourth-order valence-corrected chi connectivity index (χ4v) is 2.60. The quantitative estimate of drug-likeness (QED) is 0.875. The van der Waals surface area contributed by atoms with Crippen molar-refractivity contribution in [2.75, 3.05) is 5.32 Å². The molecular weight excluding hydrogens is 310 g/mol. The van der Waals surface area contributed by atoms with Crippen molar-refractivity contribution in [3.63, 3.8) is 0 Å². The maximum atomic E-state index is 12.3. The van der Waals surface area contributed by atoms with Gasteiger partial charge in [0.1, 0.15) is 6.07 Å². The van der Waals surface area contributed by atoms with Crippen LogP contribution in [0.1, 0.15) is 31.0 Å². The molecule has 2 N–H and O–H groups in total. The number of amides is 1. The molecular formula is C18H18ClN3O. The van der Waals surface area contributed by atoms with Gasteiger partial charge in [-0.05, 0) is 37.6 Å². The smallest absolute Gasteiger partial charge is 0.241 e. The van der Waals surface area contributed by atoms with Crippen molar-refractivity contribution in [3.8, 4) is 6.07 Å². The Labute approximate surface area is 141 Å². The van der Waals surface area contributed by atoms with Gasteiger partial charge in [-0.1, -0.05) is 41.9 Å². The summed E-state index contributed by atoms with van der Waals surface area (Å²) in [6, 6.07) is 16.0. The molecule has 0 aliphatic rings. The summed E-state index contributed by atoms with van der Waals surface area (Å²) >= 11 is 6.17. The largest absolute Gasteiger partial charge is 0.324 e. The second kappa shape index (κ2) is 7.77. The summed E-state index contributed by atoms with van der Waals surface area (Å²) in [5, 5.41) is 15.7. The zero-order valence-electron chi connectivity index (χ0n) is 13.0. The van der Waals surface area contributed by atoms with Crippen LogP contribution in [0.25, 0.3) is 0 Å². The number of hydrogen-bond acceptors (Lipinski definition) is 3. The molecule has 0 saturated heterocycles. The molecule has 0 saturated carbocycles. The molecule has 23 heavy (non-hydrogen) atoms. The number of nitriles is 1. The molecule has 118 valence electrons. The molecule has 1 amide bonds. The van der Waals surface area contributed by atoms with E-state index in [0.717, 1.165) is 5.56 Å². The highest BCUT2D eigenvalue weighted by atomic mass is 35.5. The molecule has 0 spiro atoms. The Balaban J connectivity index is 2.03. The van der Waals surface area contributed by atoms with Gasteiger partial charge in [0.2, 0.25) is 5.91 Å². The molecule has 2 aromatic carbocycles. The standard InChI is InChI=1S/C18H18ClN3O/c1-12(15-8-4-5-9-16(15)19)21-13(2)18(23)22-17-10-6-3-7-14(17)11-20/h3-10,12-13,21H,1-2H3,(H,22,23)/t12-,13+/m1/s1. The summed E-state index contributed by atoms with van der Waals surface area (Å²) in [5.74, 6) is -0.202. The molecule has 2 aromatic rings. The maximum Gasteiger partial charge on any atom is 0.241 e. The zero-order valence-corrected chi connectivity index (χ0v) is 13.8. The van der Waals surface area contributed by atoms with Gasteiger partial charge in [0, 0.05) is 11.1 Å². The number of para-hydroxylation sites is 1. The molecule has 0 fully saturated rings. The predicted octanol–water partition coefficient (Wildman–Crippen LogP) is 3.89. The van der Waals surface area contributed by atoms with E-state index in [1.54, 1.807) is 31.2 Å². The van der Waals surface area contributed by atoms with Crippen LogP contribution in [-0.2, 0) is 4.79 Å². The third kappa shape index (κ3) is 4.32. The van der Waals surface area contributed by atoms with E-state index in [1.165, 1.54) is 0 Å². The summed E-state index contributed by atoms with van der Waals surface area (Å²) in [6.07, 6.45) is 0. The Hall–Kier alpha value is -2.35. The van der Waals surface area contributed by atoms with E-state index in [1.807, 2.05) is 31.2 Å². The van der Waals surface area contributed by atoms with Crippen LogP contribution in [0.15, 0.2) is 48.5 Å². The Kier molecular flexibility index (Phi) is 5.75. The van der Waals surface area contributed by atoms with Crippen LogP contribution in [0.5, 0.6) is 0 Å². The van der Waals surface area contributed by atoms with Crippen LogP contribution in [0, 0.1) is 11.3 Å². The number of halogens is 1. The maximum absolute atomic E-state index is 12.3. The minimum atomic E-state index is -0.437. The summed E-state index contributed by atoms with van der Waals surface area (Å²) in [5.41, 5.74) is 1.89. The molecule has 2 rings (SSSR count). The van der Waals surface area contributed by atoms with E-state index < -0.39 is 6.04 Å². The first kappa shape index (κ1) is 17.0. The molecule has 2 atom stereocenters. The number of hydrogen-bond donors (Lipinski definition) is 2. The van der Waals surface area contributed by atoms with E-state index >= 15 is 0 Å². The van der Waals surface area contributed by atoms with Gasteiger partial charge in [-0.25, -0.2) is 0 Å². The molecule has 0 aromatic heterocycles. The predicted molar refractivity (Wildman–Crippen MR) is 92.3 cm³/mol. The lowest BCUT2D eigenvalue weighted by atomic mass is 10.1. The highest BCUT2D eigenvalue weighted by molar-refractivity contribution is 6.31. The topological polar surface area (TPSA) is 64.9 Å². The third-order valence-corrected chi connectivity index (χ3v) is 3.91. The number of rotatable bonds is 5. The Morgan fingerprint density at radius 2 is 1.78 bits per heavy atom. The number of benzene rings is 2. The fourth-order valence-electron chi connectivity index (χ4n) is 2.30. The number of anilines is 1. The van der Waals surface area contributed by atoms with Crippen molar-refractivity contribution >= 4 is 23.2 Å². The second-order valence-electron chi connectivity index (χ2n) is 5.28. The van der Waals surface area contributed by atoms with Crippen molar-refractivity contribution in [3.05, 3.63) is 64.7 Å². The average Bonchev–Trinajstić information content (AvgIpc) is 2.55. The van der Waals surface area contributed by atoms with Crippen molar-refractivity contribution in [1.29, 1.82) is 5.26 Å². The van der Waals surface area contributed by atoms with Crippen molar-refractivity contribution < 1.29 is 4.79 Å². The Morgan fingerprint density at radius 3 is 2.48 bits per heavy atom. The zero-order chi connectivity index (χ0) is 16.8. The van der Waals surface area contributed by atoms with E-state index in [9.17, 15) is 4.79 Å². The SMILES string of the molecule is C[C@H](N[C@H](C)c1ccccc1Cl)C(=O)Nc1ccccc1C#N. The van der Waals surface area contributed by atoms with Crippen molar-refractivity contribution in [2.24, 2.45) is 0 Å². The molecule has 5 heteroatoms. The van der Waals surface area contributed by atoms with Gasteiger partial charge in [0.05, 0.1) is 17.3 Å². The summed E-state index contributed by atoms with van der Waals surface area (Å²) in [4.78, 5) is 12.3. The lowest BCUT2D eigenvalue weighted by Crippen LogP contribution is -2.39. The van der Waals surface area contributed by atoms with Crippen LogP contribution < -0.4 is 10.6 Å². The van der Waals surface area contributed by atoms with Crippen molar-refractivity contribution in [2.45, 2.75) is 25.9 Å². The first-order valence-corrected chi connectivity index (χ1v) is 7.71. The minimum Gasteiger partial charge on any atom is -0.324 e. The van der Waals surface area contributed by atoms with Crippen LogP contribution in [0.4, 0.5) is 5.69 Å². The molecule has 0 radical (unpaired) electrons. The Morgan fingerprint density at radius 1 is 1.13 bits per heavy atom. The highest BCUT2D eigenvalue weighted by Crippen LogP contribution is 2.22. The van der Waals surface area contributed by atoms with Gasteiger partial charge in [-0.3, -0.25) is 10.1 Å². The molecule has 0 aliphatic carbocycles. The van der Waals surface area contributed by atoms with Gasteiger partial charge in [0.15, 0.2) is 0 Å². The van der Waals surface area contributed by atoms with E-state index in [0.29, 0.717) is 16.3 Å². The van der Waals surface area contributed by atoms with Gasteiger partial charge in [-0.2, -0.15) is 5.26 Å². The third-order valence-electron chi connectivity index (χ3n) is 3.57. The number of nitrogens with one attached hydrogen (secondary N) is 2. The first-order valence-electron chi connectivity index (χ1n) is 7.33. The van der Waals surface area contributed by atoms with Gasteiger partial charge in [-0.15, -0.1) is 0 Å². The monoisotopic (exact) mass is 327 g/mol. The fraction of sp³-hybridized carbons (Fsp3) is 0.222. The molecule has 0 unspecified atom stereocenters. The summed E-state index contributed by atoms with van der Waals surface area (Å²) in [6.45, 7) is 3.73. The van der Waals surface area contributed by atoms with Crippen LogP contribution in [0.3, 0.4) is 0 Å². The van der Waals surface area contributed by atoms with E-state index in [2.05, 4.69) is 16.7 Å². The number of carbonyl (C=O) groups is 1. The molecule has 0 heterocycles. The van der Waals surface area contributed by atoms with Crippen LogP contribution >= 0.6 is 11.6 Å². The number of carbonyl (C=O) groups excluding carboxylic acids is 1. The summed E-state index contributed by atoms with van der Waals surface area (Å²) < 4.78 is 0. The molecule has 4 nitrogen and oxygen atoms in total. The van der Waals surface area contributed by atoms with E-state index in [4.69, 9.17) is 16.9 Å². The normalized spacial score (nSPS) is 13.0. The highest BCUT2D eigenvalue weighted by Gasteiger charge is 2.18. The van der Waals surface area contributed by atoms with Gasteiger partial charge >= 0.3 is 0 Å². The van der Waals surface area contributed by atoms with Crippen LogP contribution in [-0.4, -0.2) is 11.9 Å². The van der Waals surface area contributed by atoms with Crippen molar-refractivity contribution in [1.82, 2.24) is 5.32 Å². The van der Waals surface area contributed by atoms with Gasteiger partial charge < -0.3 is 5.32 Å². The molecule has 0 aliphatic heterocycles. The average molecular weight is 328 g/mol. The number of nitrogens with zero attached hydrogens (tertiary/aromatic N) is 1. The minimum absolute atomic E-state index is 0.0735.